The fourth-order valence-corrected chi connectivity index (χ4v) is 2.98. The van der Waals surface area contributed by atoms with E-state index in [0.717, 1.165) is 11.8 Å². The topological polar surface area (TPSA) is 87.6 Å². The van der Waals surface area contributed by atoms with Crippen LogP contribution in [0.2, 0.25) is 0 Å². The van der Waals surface area contributed by atoms with E-state index < -0.39 is 16.0 Å². The van der Waals surface area contributed by atoms with Crippen LogP contribution in [-0.2, 0) is 23.1 Å². The molecule has 1 heterocycles. The van der Waals surface area contributed by atoms with Gasteiger partial charge in [0, 0.05) is 12.7 Å². The molecule has 2 aromatic rings. The van der Waals surface area contributed by atoms with Crippen molar-refractivity contribution < 1.29 is 18.3 Å². The molecule has 0 bridgehead atoms. The maximum absolute atomic E-state index is 12.0. The Balaban J connectivity index is 2.25. The summed E-state index contributed by atoms with van der Waals surface area (Å²) < 4.78 is 25.3. The van der Waals surface area contributed by atoms with Crippen LogP contribution in [0.15, 0.2) is 42.6 Å². The number of carboxylic acid groups (broad SMARTS) is 1. The summed E-state index contributed by atoms with van der Waals surface area (Å²) in [6.07, 6.45) is 2.76. The fourth-order valence-electron chi connectivity index (χ4n) is 2.23. The molecule has 0 radical (unpaired) electrons. The normalized spacial score (nSPS) is 11.6. The molecule has 7 heteroatoms. The number of hydrogen-bond donors (Lipinski definition) is 1. The van der Waals surface area contributed by atoms with E-state index in [1.54, 1.807) is 43.5 Å². The molecule has 0 atom stereocenters. The first-order chi connectivity index (χ1) is 10.8. The van der Waals surface area contributed by atoms with Gasteiger partial charge in [-0.1, -0.05) is 18.2 Å². The molecular formula is C16H18N2O4S. The number of carboxylic acids is 1. The van der Waals surface area contributed by atoms with E-state index in [-0.39, 0.29) is 18.7 Å². The van der Waals surface area contributed by atoms with Gasteiger partial charge in [0.1, 0.15) is 0 Å². The molecule has 0 aliphatic heterocycles. The summed E-state index contributed by atoms with van der Waals surface area (Å²) in [5.74, 6) is -0.998. The molecule has 2 rings (SSSR count). The minimum atomic E-state index is -3.42. The van der Waals surface area contributed by atoms with Crippen LogP contribution < -0.4 is 0 Å². The fraction of sp³-hybridized carbons (Fsp3) is 0.250. The van der Waals surface area contributed by atoms with Crippen LogP contribution in [0, 0.1) is 6.92 Å². The van der Waals surface area contributed by atoms with E-state index in [0.29, 0.717) is 11.3 Å². The number of aryl methyl sites for hydroxylation is 1. The maximum atomic E-state index is 12.0. The van der Waals surface area contributed by atoms with Crippen LogP contribution in [0.5, 0.6) is 0 Å². The van der Waals surface area contributed by atoms with Gasteiger partial charge in [-0.15, -0.1) is 0 Å². The molecule has 0 fully saturated rings. The van der Waals surface area contributed by atoms with Crippen molar-refractivity contribution in [3.05, 3.63) is 65.0 Å². The maximum Gasteiger partial charge on any atom is 0.335 e. The molecule has 0 saturated heterocycles. The van der Waals surface area contributed by atoms with Gasteiger partial charge in [0.05, 0.1) is 24.1 Å². The second kappa shape index (κ2) is 6.89. The predicted molar refractivity (Wildman–Crippen MR) is 86.5 cm³/mol. The Morgan fingerprint density at radius 1 is 1.22 bits per heavy atom. The van der Waals surface area contributed by atoms with Crippen molar-refractivity contribution >= 4 is 16.0 Å². The lowest BCUT2D eigenvalue weighted by molar-refractivity contribution is 0.0696. The Bertz CT molecular complexity index is 804. The number of benzene rings is 1. The SMILES string of the molecule is Cc1cc(CN(Cc2ccccn2)S(C)(=O)=O)ccc1C(=O)O. The van der Waals surface area contributed by atoms with Gasteiger partial charge in [0.2, 0.25) is 10.0 Å². The summed E-state index contributed by atoms with van der Waals surface area (Å²) >= 11 is 0. The van der Waals surface area contributed by atoms with Crippen LogP contribution in [0.25, 0.3) is 0 Å². The average molecular weight is 334 g/mol. The zero-order valence-corrected chi connectivity index (χ0v) is 13.7. The number of hydrogen-bond acceptors (Lipinski definition) is 4. The molecule has 0 unspecified atom stereocenters. The van der Waals surface area contributed by atoms with Gasteiger partial charge < -0.3 is 5.11 Å². The lowest BCUT2D eigenvalue weighted by Crippen LogP contribution is -2.29. The van der Waals surface area contributed by atoms with Crippen LogP contribution >= 0.6 is 0 Å². The molecule has 1 aromatic carbocycles. The number of carbonyl (C=O) groups is 1. The van der Waals surface area contributed by atoms with E-state index in [1.807, 2.05) is 0 Å². The minimum Gasteiger partial charge on any atom is -0.478 e. The van der Waals surface area contributed by atoms with Crippen LogP contribution in [0.3, 0.4) is 0 Å². The van der Waals surface area contributed by atoms with Crippen molar-refractivity contribution in [1.82, 2.24) is 9.29 Å². The first-order valence-corrected chi connectivity index (χ1v) is 8.80. The van der Waals surface area contributed by atoms with Gasteiger partial charge in [0.15, 0.2) is 0 Å². The predicted octanol–water partition coefficient (Wildman–Crippen LogP) is 2.05. The van der Waals surface area contributed by atoms with E-state index in [9.17, 15) is 13.2 Å². The van der Waals surface area contributed by atoms with Crippen LogP contribution in [-0.4, -0.2) is 35.0 Å². The summed E-state index contributed by atoms with van der Waals surface area (Å²) in [5, 5.41) is 9.05. The summed E-state index contributed by atoms with van der Waals surface area (Å²) in [6, 6.07) is 10.1. The van der Waals surface area contributed by atoms with Crippen molar-refractivity contribution in [2.45, 2.75) is 20.0 Å². The Kier molecular flexibility index (Phi) is 5.12. The highest BCUT2D eigenvalue weighted by molar-refractivity contribution is 7.88. The number of aromatic carboxylic acids is 1. The van der Waals surface area contributed by atoms with E-state index >= 15 is 0 Å². The monoisotopic (exact) mass is 334 g/mol. The second-order valence-corrected chi connectivity index (χ2v) is 7.29. The number of nitrogens with zero attached hydrogens (tertiary/aromatic N) is 2. The molecule has 0 aliphatic rings. The van der Waals surface area contributed by atoms with Gasteiger partial charge in [0.25, 0.3) is 0 Å². The summed E-state index contributed by atoms with van der Waals surface area (Å²) in [6.45, 7) is 2.02. The Morgan fingerprint density at radius 3 is 2.48 bits per heavy atom. The third-order valence-electron chi connectivity index (χ3n) is 3.41. The smallest absolute Gasteiger partial charge is 0.335 e. The molecule has 0 spiro atoms. The first-order valence-electron chi connectivity index (χ1n) is 6.95. The number of sulfonamides is 1. The molecular weight excluding hydrogens is 316 g/mol. The lowest BCUT2D eigenvalue weighted by atomic mass is 10.1. The highest BCUT2D eigenvalue weighted by Crippen LogP contribution is 2.16. The van der Waals surface area contributed by atoms with E-state index in [4.69, 9.17) is 5.11 Å². The zero-order chi connectivity index (χ0) is 17.0. The van der Waals surface area contributed by atoms with Crippen LogP contribution in [0.4, 0.5) is 0 Å². The lowest BCUT2D eigenvalue weighted by Gasteiger charge is -2.20. The molecule has 122 valence electrons. The van der Waals surface area contributed by atoms with Gasteiger partial charge in [-0.25, -0.2) is 13.2 Å². The minimum absolute atomic E-state index is 0.163. The summed E-state index contributed by atoms with van der Waals surface area (Å²) in [4.78, 5) is 15.2. The van der Waals surface area contributed by atoms with E-state index in [2.05, 4.69) is 4.98 Å². The standard InChI is InChI=1S/C16H18N2O4S/c1-12-9-13(6-7-15(12)16(19)20)10-18(23(2,21)22)11-14-5-3-4-8-17-14/h3-9H,10-11H2,1-2H3,(H,19,20). The van der Waals surface area contributed by atoms with Crippen molar-refractivity contribution in [1.29, 1.82) is 0 Å². The molecule has 0 aliphatic carbocycles. The van der Waals surface area contributed by atoms with Gasteiger partial charge in [-0.2, -0.15) is 4.31 Å². The van der Waals surface area contributed by atoms with E-state index in [1.165, 1.54) is 10.4 Å². The number of aromatic nitrogens is 1. The highest BCUT2D eigenvalue weighted by atomic mass is 32.2. The van der Waals surface area contributed by atoms with Gasteiger partial charge >= 0.3 is 5.97 Å². The first kappa shape index (κ1) is 17.1. The Morgan fingerprint density at radius 2 is 1.96 bits per heavy atom. The molecule has 0 saturated carbocycles. The molecule has 1 N–H and O–H groups in total. The van der Waals surface area contributed by atoms with Crippen molar-refractivity contribution in [2.75, 3.05) is 6.26 Å². The van der Waals surface area contributed by atoms with Gasteiger partial charge in [-0.3, -0.25) is 4.98 Å². The average Bonchev–Trinajstić information content (AvgIpc) is 2.46. The summed E-state index contributed by atoms with van der Waals surface area (Å²) in [7, 11) is -3.42. The Labute approximate surface area is 135 Å². The highest BCUT2D eigenvalue weighted by Gasteiger charge is 2.19. The van der Waals surface area contributed by atoms with Crippen molar-refractivity contribution in [3.63, 3.8) is 0 Å². The molecule has 23 heavy (non-hydrogen) atoms. The summed E-state index contributed by atoms with van der Waals surface area (Å²) in [5.41, 5.74) is 2.19. The quantitative estimate of drug-likeness (QED) is 0.873. The molecule has 6 nitrogen and oxygen atoms in total. The van der Waals surface area contributed by atoms with Crippen molar-refractivity contribution in [3.8, 4) is 0 Å². The molecule has 1 aromatic heterocycles. The number of pyridine rings is 1. The van der Waals surface area contributed by atoms with Crippen LogP contribution in [0.1, 0.15) is 27.2 Å². The molecule has 0 amide bonds. The largest absolute Gasteiger partial charge is 0.478 e. The zero-order valence-electron chi connectivity index (χ0n) is 12.9. The number of rotatable bonds is 6. The third kappa shape index (κ3) is 4.61. The third-order valence-corrected chi connectivity index (χ3v) is 4.61. The Hall–Kier alpha value is -2.25. The van der Waals surface area contributed by atoms with Crippen molar-refractivity contribution in [2.24, 2.45) is 0 Å². The second-order valence-electron chi connectivity index (χ2n) is 5.31. The van der Waals surface area contributed by atoms with Gasteiger partial charge in [-0.05, 0) is 36.2 Å².